The Morgan fingerprint density at radius 2 is 2.00 bits per heavy atom. The minimum Gasteiger partial charge on any atom is -0.466 e. The molecule has 112 valence electrons. The lowest BCUT2D eigenvalue weighted by molar-refractivity contribution is 0.0522. The third kappa shape index (κ3) is 3.41. The Kier molecular flexibility index (Phi) is 4.83. The molecule has 0 radical (unpaired) electrons. The smallest absolute Gasteiger partial charge is 0.257 e. The van der Waals surface area contributed by atoms with Crippen LogP contribution in [0.25, 0.3) is 0 Å². The van der Waals surface area contributed by atoms with Gasteiger partial charge in [-0.2, -0.15) is 0 Å². The Labute approximate surface area is 120 Å². The van der Waals surface area contributed by atoms with Gasteiger partial charge in [0.25, 0.3) is 5.91 Å². The number of β-amino-alcohol motifs (C(OH)–C–C–N with tert-alkyl or cyclic N) is 1. The first-order valence-corrected chi connectivity index (χ1v) is 7.28. The zero-order valence-electron chi connectivity index (χ0n) is 12.6. The first-order chi connectivity index (χ1) is 9.51. The number of amides is 1. The molecule has 1 atom stereocenters. The minimum atomic E-state index is -0.268. The summed E-state index contributed by atoms with van der Waals surface area (Å²) in [6.45, 7) is 9.41. The molecule has 5 nitrogen and oxygen atoms in total. The first-order valence-electron chi connectivity index (χ1n) is 7.28. The fraction of sp³-hybridized carbons (Fsp3) is 0.667. The Morgan fingerprint density at radius 3 is 2.50 bits per heavy atom. The summed E-state index contributed by atoms with van der Waals surface area (Å²) < 4.78 is 5.42. The molecule has 1 aromatic heterocycles. The monoisotopic (exact) mass is 280 g/mol. The zero-order valence-corrected chi connectivity index (χ0v) is 12.6. The topological polar surface area (TPSA) is 56.9 Å². The van der Waals surface area contributed by atoms with Crippen molar-refractivity contribution in [3.8, 4) is 0 Å². The molecule has 1 saturated heterocycles. The van der Waals surface area contributed by atoms with Crippen LogP contribution in [0.2, 0.25) is 0 Å². The predicted molar refractivity (Wildman–Crippen MR) is 76.8 cm³/mol. The molecule has 20 heavy (non-hydrogen) atoms. The molecular formula is C15H24N2O3. The maximum Gasteiger partial charge on any atom is 0.257 e. The minimum absolute atomic E-state index is 0.0510. The molecule has 2 heterocycles. The van der Waals surface area contributed by atoms with Gasteiger partial charge in [-0.1, -0.05) is 6.92 Å². The highest BCUT2D eigenvalue weighted by molar-refractivity contribution is 5.95. The number of aliphatic hydroxyl groups excluding tert-OH is 1. The number of carbonyl (C=O) groups is 1. The van der Waals surface area contributed by atoms with Crippen LogP contribution < -0.4 is 0 Å². The van der Waals surface area contributed by atoms with Crippen molar-refractivity contribution < 1.29 is 14.3 Å². The van der Waals surface area contributed by atoms with E-state index in [2.05, 4.69) is 4.90 Å². The normalized spacial score (nSPS) is 18.3. The quantitative estimate of drug-likeness (QED) is 0.906. The fourth-order valence-corrected chi connectivity index (χ4v) is 2.57. The predicted octanol–water partition coefficient (Wildman–Crippen LogP) is 1.43. The molecule has 0 spiro atoms. The van der Waals surface area contributed by atoms with Gasteiger partial charge in [-0.05, 0) is 26.3 Å². The van der Waals surface area contributed by atoms with E-state index in [1.54, 1.807) is 0 Å². The van der Waals surface area contributed by atoms with Gasteiger partial charge >= 0.3 is 0 Å². The number of hydrogen-bond acceptors (Lipinski definition) is 4. The lowest BCUT2D eigenvalue weighted by Gasteiger charge is -2.35. The number of aryl methyl sites for hydroxylation is 2. The Hall–Kier alpha value is -1.33. The lowest BCUT2D eigenvalue weighted by Crippen LogP contribution is -2.50. The van der Waals surface area contributed by atoms with Gasteiger partial charge in [0.05, 0.1) is 11.7 Å². The summed E-state index contributed by atoms with van der Waals surface area (Å²) in [4.78, 5) is 16.5. The number of rotatable bonds is 4. The molecule has 0 bridgehead atoms. The van der Waals surface area contributed by atoms with Crippen molar-refractivity contribution in [3.05, 3.63) is 23.2 Å². The van der Waals surface area contributed by atoms with E-state index in [-0.39, 0.29) is 12.0 Å². The van der Waals surface area contributed by atoms with Crippen LogP contribution in [-0.2, 0) is 0 Å². The Bertz CT molecular complexity index is 462. The molecule has 5 heteroatoms. The van der Waals surface area contributed by atoms with E-state index < -0.39 is 0 Å². The number of nitrogens with zero attached hydrogens (tertiary/aromatic N) is 2. The molecule has 0 unspecified atom stereocenters. The molecular weight excluding hydrogens is 256 g/mol. The van der Waals surface area contributed by atoms with Gasteiger partial charge in [0.15, 0.2) is 0 Å². The van der Waals surface area contributed by atoms with E-state index in [1.165, 1.54) is 0 Å². The van der Waals surface area contributed by atoms with Crippen molar-refractivity contribution in [1.82, 2.24) is 9.80 Å². The van der Waals surface area contributed by atoms with Gasteiger partial charge in [0.1, 0.15) is 11.5 Å². The molecule has 1 aliphatic heterocycles. The molecule has 1 aromatic rings. The summed E-state index contributed by atoms with van der Waals surface area (Å²) in [5.41, 5.74) is 0.671. The molecule has 0 saturated carbocycles. The van der Waals surface area contributed by atoms with Gasteiger partial charge in [-0.25, -0.2) is 0 Å². The van der Waals surface area contributed by atoms with E-state index in [0.717, 1.165) is 25.3 Å². The summed E-state index contributed by atoms with van der Waals surface area (Å²) in [6, 6.07) is 1.81. The second-order valence-corrected chi connectivity index (χ2v) is 5.48. The van der Waals surface area contributed by atoms with Crippen molar-refractivity contribution in [2.75, 3.05) is 32.7 Å². The van der Waals surface area contributed by atoms with Gasteiger partial charge in [-0.3, -0.25) is 9.69 Å². The SMILES string of the molecule is CC[C@H](O)CN1CCN(C(=O)c2cc(C)oc2C)CC1. The third-order valence-corrected chi connectivity index (χ3v) is 3.87. The van der Waals surface area contributed by atoms with E-state index in [9.17, 15) is 9.90 Å². The summed E-state index contributed by atoms with van der Waals surface area (Å²) in [6.07, 6.45) is 0.503. The largest absolute Gasteiger partial charge is 0.466 e. The summed E-state index contributed by atoms with van der Waals surface area (Å²) in [5, 5.41) is 9.67. The van der Waals surface area contributed by atoms with Crippen LogP contribution in [0.15, 0.2) is 10.5 Å². The first kappa shape index (κ1) is 15.1. The number of hydrogen-bond donors (Lipinski definition) is 1. The number of carbonyl (C=O) groups excluding carboxylic acids is 1. The van der Waals surface area contributed by atoms with E-state index in [0.29, 0.717) is 31.0 Å². The highest BCUT2D eigenvalue weighted by atomic mass is 16.3. The van der Waals surface area contributed by atoms with Gasteiger partial charge in [0.2, 0.25) is 0 Å². The van der Waals surface area contributed by atoms with Gasteiger partial charge < -0.3 is 14.4 Å². The van der Waals surface area contributed by atoms with Crippen molar-refractivity contribution in [3.63, 3.8) is 0 Å². The average Bonchev–Trinajstić information content (AvgIpc) is 2.77. The number of furan rings is 1. The summed E-state index contributed by atoms with van der Waals surface area (Å²) >= 11 is 0. The van der Waals surface area contributed by atoms with Crippen LogP contribution >= 0.6 is 0 Å². The standard InChI is InChI=1S/C15H24N2O3/c1-4-13(18)10-16-5-7-17(8-6-16)15(19)14-9-11(2)20-12(14)3/h9,13,18H,4-8,10H2,1-3H3/t13-/m0/s1. The van der Waals surface area contributed by atoms with Crippen LogP contribution in [0.3, 0.4) is 0 Å². The van der Waals surface area contributed by atoms with Crippen LogP contribution in [0.1, 0.15) is 35.2 Å². The zero-order chi connectivity index (χ0) is 14.7. The van der Waals surface area contributed by atoms with E-state index in [1.807, 2.05) is 31.7 Å². The Balaban J connectivity index is 1.90. The second kappa shape index (κ2) is 6.41. The summed E-state index contributed by atoms with van der Waals surface area (Å²) in [5.74, 6) is 1.52. The van der Waals surface area contributed by atoms with Crippen molar-refractivity contribution in [2.24, 2.45) is 0 Å². The molecule has 1 fully saturated rings. The molecule has 1 amide bonds. The second-order valence-electron chi connectivity index (χ2n) is 5.48. The molecule has 0 aliphatic carbocycles. The maximum atomic E-state index is 12.4. The molecule has 2 rings (SSSR count). The average molecular weight is 280 g/mol. The third-order valence-electron chi connectivity index (χ3n) is 3.87. The van der Waals surface area contributed by atoms with Crippen LogP contribution in [0, 0.1) is 13.8 Å². The molecule has 1 aliphatic rings. The lowest BCUT2D eigenvalue weighted by atomic mass is 10.2. The van der Waals surface area contributed by atoms with Crippen molar-refractivity contribution in [2.45, 2.75) is 33.3 Å². The van der Waals surface area contributed by atoms with Crippen molar-refractivity contribution >= 4 is 5.91 Å². The van der Waals surface area contributed by atoms with Gasteiger partial charge in [0, 0.05) is 32.7 Å². The highest BCUT2D eigenvalue weighted by Gasteiger charge is 2.25. The molecule has 0 aromatic carbocycles. The number of piperazine rings is 1. The highest BCUT2D eigenvalue weighted by Crippen LogP contribution is 2.17. The van der Waals surface area contributed by atoms with Crippen molar-refractivity contribution in [1.29, 1.82) is 0 Å². The maximum absolute atomic E-state index is 12.4. The Morgan fingerprint density at radius 1 is 1.35 bits per heavy atom. The van der Waals surface area contributed by atoms with E-state index >= 15 is 0 Å². The van der Waals surface area contributed by atoms with E-state index in [4.69, 9.17) is 4.42 Å². The summed E-state index contributed by atoms with van der Waals surface area (Å²) in [7, 11) is 0. The van der Waals surface area contributed by atoms with Crippen LogP contribution in [0.5, 0.6) is 0 Å². The molecule has 1 N–H and O–H groups in total. The van der Waals surface area contributed by atoms with Gasteiger partial charge in [-0.15, -0.1) is 0 Å². The number of aliphatic hydroxyl groups is 1. The van der Waals surface area contributed by atoms with Crippen LogP contribution in [-0.4, -0.2) is 59.6 Å². The fourth-order valence-electron chi connectivity index (χ4n) is 2.57. The van der Waals surface area contributed by atoms with Crippen LogP contribution in [0.4, 0.5) is 0 Å².